The second-order valence-electron chi connectivity index (χ2n) is 7.44. The Balaban J connectivity index is 1.40. The number of benzene rings is 2. The lowest BCUT2D eigenvalue weighted by Gasteiger charge is -2.22. The summed E-state index contributed by atoms with van der Waals surface area (Å²) in [6, 6.07) is 18.3. The number of para-hydroxylation sites is 1. The molecule has 1 atom stereocenters. The fraction of sp³-hybridized carbons (Fsp3) is 0.167. The van der Waals surface area contributed by atoms with E-state index in [1.807, 2.05) is 36.7 Å². The molecular weight excluding hydrogens is 429 g/mol. The van der Waals surface area contributed by atoms with Gasteiger partial charge in [0, 0.05) is 35.5 Å². The standard InChI is InChI=1S/C24H20FN3OS2/c1-27-14-23(18-5-2-3-6-20(18)27)31-15-24(29)28-21(16-8-10-17(25)11-9-16)13-19(26-28)22-7-4-12-30-22/h2-12,14,21H,13,15H2,1H3. The van der Waals surface area contributed by atoms with Gasteiger partial charge in [0.15, 0.2) is 0 Å². The number of aromatic nitrogens is 1. The molecule has 4 aromatic rings. The average Bonchev–Trinajstić information content (AvgIpc) is 3.52. The Kier molecular flexibility index (Phi) is 5.38. The topological polar surface area (TPSA) is 37.6 Å². The minimum atomic E-state index is -0.287. The Morgan fingerprint density at radius 1 is 1.16 bits per heavy atom. The average molecular weight is 450 g/mol. The van der Waals surface area contributed by atoms with E-state index < -0.39 is 0 Å². The molecule has 5 rings (SSSR count). The largest absolute Gasteiger partial charge is 0.349 e. The number of hydrazone groups is 1. The summed E-state index contributed by atoms with van der Waals surface area (Å²) < 4.78 is 15.5. The molecule has 4 nitrogen and oxygen atoms in total. The maximum Gasteiger partial charge on any atom is 0.253 e. The van der Waals surface area contributed by atoms with Gasteiger partial charge < -0.3 is 4.57 Å². The second-order valence-corrected chi connectivity index (χ2v) is 9.41. The molecule has 0 fully saturated rings. The number of nitrogens with zero attached hydrogens (tertiary/aromatic N) is 3. The Bertz CT molecular complexity index is 1260. The van der Waals surface area contributed by atoms with Crippen molar-refractivity contribution < 1.29 is 9.18 Å². The number of thiophene rings is 1. The molecule has 0 spiro atoms. The zero-order valence-electron chi connectivity index (χ0n) is 16.9. The first-order valence-electron chi connectivity index (χ1n) is 9.96. The molecule has 2 aromatic carbocycles. The van der Waals surface area contributed by atoms with Crippen LogP contribution in [0.4, 0.5) is 4.39 Å². The Morgan fingerprint density at radius 3 is 2.74 bits per heavy atom. The lowest BCUT2D eigenvalue weighted by Crippen LogP contribution is -2.28. The summed E-state index contributed by atoms with van der Waals surface area (Å²) >= 11 is 3.14. The van der Waals surface area contributed by atoms with Crippen LogP contribution in [0, 0.1) is 5.82 Å². The summed E-state index contributed by atoms with van der Waals surface area (Å²) in [4.78, 5) is 15.4. The van der Waals surface area contributed by atoms with Crippen molar-refractivity contribution in [2.75, 3.05) is 5.75 Å². The van der Waals surface area contributed by atoms with Gasteiger partial charge in [0.05, 0.1) is 22.4 Å². The van der Waals surface area contributed by atoms with E-state index >= 15 is 0 Å². The molecule has 2 aromatic heterocycles. The van der Waals surface area contributed by atoms with Crippen LogP contribution >= 0.6 is 23.1 Å². The van der Waals surface area contributed by atoms with Crippen LogP contribution < -0.4 is 0 Å². The van der Waals surface area contributed by atoms with Crippen molar-refractivity contribution in [3.8, 4) is 0 Å². The lowest BCUT2D eigenvalue weighted by molar-refractivity contribution is -0.130. The first kappa shape index (κ1) is 20.0. The van der Waals surface area contributed by atoms with Gasteiger partial charge in [0.2, 0.25) is 0 Å². The zero-order chi connectivity index (χ0) is 21.4. The predicted molar refractivity (Wildman–Crippen MR) is 125 cm³/mol. The van der Waals surface area contributed by atoms with Crippen LogP contribution in [0.15, 0.2) is 82.2 Å². The van der Waals surface area contributed by atoms with Gasteiger partial charge >= 0.3 is 0 Å². The number of carbonyl (C=O) groups is 1. The van der Waals surface area contributed by atoms with E-state index in [0.29, 0.717) is 6.42 Å². The molecule has 1 aliphatic rings. The number of rotatable bonds is 5. The van der Waals surface area contributed by atoms with Crippen LogP contribution in [0.25, 0.3) is 10.9 Å². The first-order chi connectivity index (χ1) is 15.1. The summed E-state index contributed by atoms with van der Waals surface area (Å²) in [7, 11) is 2.01. The van der Waals surface area contributed by atoms with E-state index in [-0.39, 0.29) is 23.5 Å². The molecule has 1 aliphatic heterocycles. The maximum absolute atomic E-state index is 13.5. The molecular formula is C24H20FN3OS2. The van der Waals surface area contributed by atoms with Crippen molar-refractivity contribution in [1.82, 2.24) is 9.58 Å². The molecule has 0 saturated carbocycles. The Morgan fingerprint density at radius 2 is 1.97 bits per heavy atom. The van der Waals surface area contributed by atoms with Gasteiger partial charge in [0.1, 0.15) is 5.82 Å². The van der Waals surface area contributed by atoms with E-state index in [2.05, 4.69) is 28.0 Å². The van der Waals surface area contributed by atoms with Gasteiger partial charge in [-0.3, -0.25) is 4.79 Å². The van der Waals surface area contributed by atoms with Crippen molar-refractivity contribution in [2.24, 2.45) is 12.1 Å². The normalized spacial score (nSPS) is 16.1. The van der Waals surface area contributed by atoms with Crippen LogP contribution in [0.5, 0.6) is 0 Å². The molecule has 156 valence electrons. The third-order valence-corrected chi connectivity index (χ3v) is 7.38. The monoisotopic (exact) mass is 449 g/mol. The highest BCUT2D eigenvalue weighted by atomic mass is 32.2. The van der Waals surface area contributed by atoms with Crippen LogP contribution in [0.1, 0.15) is 22.9 Å². The van der Waals surface area contributed by atoms with E-state index in [1.165, 1.54) is 23.9 Å². The van der Waals surface area contributed by atoms with Crippen molar-refractivity contribution in [2.45, 2.75) is 17.4 Å². The number of aryl methyl sites for hydroxylation is 1. The van der Waals surface area contributed by atoms with Crippen molar-refractivity contribution in [3.63, 3.8) is 0 Å². The molecule has 0 radical (unpaired) electrons. The van der Waals surface area contributed by atoms with Crippen LogP contribution in [-0.2, 0) is 11.8 Å². The highest BCUT2D eigenvalue weighted by Gasteiger charge is 2.33. The van der Waals surface area contributed by atoms with Crippen LogP contribution in [0.2, 0.25) is 0 Å². The van der Waals surface area contributed by atoms with Gasteiger partial charge in [-0.25, -0.2) is 9.40 Å². The van der Waals surface area contributed by atoms with Gasteiger partial charge in [-0.05, 0) is 35.2 Å². The van der Waals surface area contributed by atoms with E-state index in [1.54, 1.807) is 28.5 Å². The number of hydrogen-bond acceptors (Lipinski definition) is 4. The number of carbonyl (C=O) groups excluding carboxylic acids is 1. The smallest absolute Gasteiger partial charge is 0.253 e. The lowest BCUT2D eigenvalue weighted by atomic mass is 10.0. The third-order valence-electron chi connectivity index (χ3n) is 5.44. The van der Waals surface area contributed by atoms with E-state index in [9.17, 15) is 9.18 Å². The summed E-state index contributed by atoms with van der Waals surface area (Å²) in [6.45, 7) is 0. The van der Waals surface area contributed by atoms with E-state index in [0.717, 1.165) is 32.0 Å². The summed E-state index contributed by atoms with van der Waals surface area (Å²) in [5.41, 5.74) is 2.92. The Hall–Kier alpha value is -2.90. The molecule has 31 heavy (non-hydrogen) atoms. The zero-order valence-corrected chi connectivity index (χ0v) is 18.5. The predicted octanol–water partition coefficient (Wildman–Crippen LogP) is 5.85. The van der Waals surface area contributed by atoms with Crippen molar-refractivity contribution in [3.05, 3.63) is 88.5 Å². The first-order valence-corrected chi connectivity index (χ1v) is 11.8. The quantitative estimate of drug-likeness (QED) is 0.359. The summed E-state index contributed by atoms with van der Waals surface area (Å²) in [6.07, 6.45) is 2.68. The van der Waals surface area contributed by atoms with Crippen molar-refractivity contribution >= 4 is 45.6 Å². The Labute approximate surface area is 188 Å². The minimum Gasteiger partial charge on any atom is -0.349 e. The fourth-order valence-corrected chi connectivity index (χ4v) is 5.59. The molecule has 0 aliphatic carbocycles. The maximum atomic E-state index is 13.5. The van der Waals surface area contributed by atoms with Gasteiger partial charge in [0.25, 0.3) is 5.91 Å². The number of hydrogen-bond donors (Lipinski definition) is 0. The number of fused-ring (bicyclic) bond motifs is 1. The summed E-state index contributed by atoms with van der Waals surface area (Å²) in [5.74, 6) is -0.0586. The second kappa shape index (κ2) is 8.32. The minimum absolute atomic E-state index is 0.0567. The SMILES string of the molecule is Cn1cc(SCC(=O)N2N=C(c3cccs3)CC2c2ccc(F)cc2)c2ccccc21. The summed E-state index contributed by atoms with van der Waals surface area (Å²) in [5, 5.41) is 9.42. The van der Waals surface area contributed by atoms with Gasteiger partial charge in [-0.2, -0.15) is 5.10 Å². The molecule has 0 bridgehead atoms. The molecule has 0 N–H and O–H groups in total. The molecule has 1 amide bonds. The molecule has 1 unspecified atom stereocenters. The highest BCUT2D eigenvalue weighted by molar-refractivity contribution is 8.00. The van der Waals surface area contributed by atoms with Crippen LogP contribution in [-0.4, -0.2) is 26.9 Å². The highest BCUT2D eigenvalue weighted by Crippen LogP contribution is 2.35. The number of thioether (sulfide) groups is 1. The van der Waals surface area contributed by atoms with Gasteiger partial charge in [-0.15, -0.1) is 23.1 Å². The van der Waals surface area contributed by atoms with Gasteiger partial charge in [-0.1, -0.05) is 36.4 Å². The molecule has 0 saturated heterocycles. The fourth-order valence-electron chi connectivity index (χ4n) is 3.90. The molecule has 3 heterocycles. The molecule has 7 heteroatoms. The van der Waals surface area contributed by atoms with Crippen molar-refractivity contribution in [1.29, 1.82) is 0 Å². The van der Waals surface area contributed by atoms with Crippen LogP contribution in [0.3, 0.4) is 0 Å². The van der Waals surface area contributed by atoms with E-state index in [4.69, 9.17) is 0 Å². The number of amides is 1. The number of halogens is 1. The third kappa shape index (κ3) is 3.91.